The molecule has 0 amide bonds. The minimum atomic E-state index is 1.04. The van der Waals surface area contributed by atoms with Crippen molar-refractivity contribution in [2.24, 2.45) is 0 Å². The van der Waals surface area contributed by atoms with Gasteiger partial charge in [-0.15, -0.1) is 0 Å². The molecule has 0 spiro atoms. The first-order valence-electron chi connectivity index (χ1n) is 2.74. The fraction of sp³-hybridized carbons (Fsp3) is 0.143. The van der Waals surface area contributed by atoms with E-state index in [1.165, 1.54) is 5.56 Å². The van der Waals surface area contributed by atoms with Gasteiger partial charge >= 0.3 is 0 Å². The van der Waals surface area contributed by atoms with E-state index in [2.05, 4.69) is 0 Å². The van der Waals surface area contributed by atoms with Gasteiger partial charge in [-0.2, -0.15) is 0 Å². The molecule has 0 bridgehead atoms. The third-order valence-electron chi connectivity index (χ3n) is 1.20. The number of benzene rings is 1. The molecular formula is C7H9OS+. The first-order valence-corrected chi connectivity index (χ1v) is 3.55. The van der Waals surface area contributed by atoms with Crippen molar-refractivity contribution in [2.75, 3.05) is 0 Å². The molecule has 0 fully saturated rings. The fourth-order valence-corrected chi connectivity index (χ4v) is 1.05. The van der Waals surface area contributed by atoms with Gasteiger partial charge in [0.25, 0.3) is 0 Å². The van der Waals surface area contributed by atoms with Crippen LogP contribution in [0.4, 0.5) is 0 Å². The highest BCUT2D eigenvalue weighted by atomic mass is 32.2. The van der Waals surface area contributed by atoms with Gasteiger partial charge in [-0.25, -0.2) is 0 Å². The molecule has 0 aliphatic carbocycles. The highest BCUT2D eigenvalue weighted by Gasteiger charge is 1.96. The van der Waals surface area contributed by atoms with Gasteiger partial charge in [-0.1, -0.05) is 18.2 Å². The largest absolute Gasteiger partial charge is 0.367 e. The van der Waals surface area contributed by atoms with Gasteiger partial charge in [-0.05, 0) is 18.6 Å². The summed E-state index contributed by atoms with van der Waals surface area (Å²) in [6.07, 6.45) is 0. The Morgan fingerprint density at radius 3 is 2.44 bits per heavy atom. The van der Waals surface area contributed by atoms with Gasteiger partial charge in [0.1, 0.15) is 0 Å². The average Bonchev–Trinajstić information content (AvgIpc) is 1.89. The van der Waals surface area contributed by atoms with Crippen LogP contribution in [-0.2, 0) is 0 Å². The third-order valence-corrected chi connectivity index (χ3v) is 1.88. The third kappa shape index (κ3) is 1.47. The monoisotopic (exact) mass is 141 g/mol. The van der Waals surface area contributed by atoms with E-state index in [1.807, 2.05) is 31.2 Å². The molecule has 0 saturated heterocycles. The summed E-state index contributed by atoms with van der Waals surface area (Å²) in [7, 11) is 0. The van der Waals surface area contributed by atoms with Gasteiger partial charge in [0, 0.05) is 0 Å². The number of aryl methyl sites for hydroxylation is 1. The SMILES string of the molecule is Cc1ccccc1S[OH2+]. The van der Waals surface area contributed by atoms with Crippen molar-refractivity contribution in [3.8, 4) is 0 Å². The zero-order valence-electron chi connectivity index (χ0n) is 5.22. The molecule has 1 rings (SSSR count). The van der Waals surface area contributed by atoms with Gasteiger partial charge in [0.2, 0.25) is 12.0 Å². The first kappa shape index (κ1) is 6.65. The van der Waals surface area contributed by atoms with Crippen molar-refractivity contribution in [1.82, 2.24) is 0 Å². The van der Waals surface area contributed by atoms with Crippen LogP contribution >= 0.6 is 12.0 Å². The summed E-state index contributed by atoms with van der Waals surface area (Å²) >= 11 is 1.05. The highest BCUT2D eigenvalue weighted by molar-refractivity contribution is 7.93. The molecule has 0 saturated carbocycles. The second kappa shape index (κ2) is 2.90. The molecule has 0 heterocycles. The molecule has 1 aromatic rings. The molecule has 2 N–H and O–H groups in total. The van der Waals surface area contributed by atoms with E-state index < -0.39 is 0 Å². The molecule has 1 aromatic carbocycles. The summed E-state index contributed by atoms with van der Waals surface area (Å²) in [5.74, 6) is 0. The molecule has 0 radical (unpaired) electrons. The second-order valence-corrected chi connectivity index (χ2v) is 2.51. The van der Waals surface area contributed by atoms with Crippen LogP contribution in [0, 0.1) is 6.92 Å². The van der Waals surface area contributed by atoms with Gasteiger partial charge in [0.05, 0.1) is 4.90 Å². The maximum absolute atomic E-state index is 7.00. The van der Waals surface area contributed by atoms with Crippen LogP contribution in [0.15, 0.2) is 29.2 Å². The van der Waals surface area contributed by atoms with Crippen LogP contribution in [0.1, 0.15) is 5.56 Å². The summed E-state index contributed by atoms with van der Waals surface area (Å²) in [4.78, 5) is 1.04. The predicted octanol–water partition coefficient (Wildman–Crippen LogP) is 1.73. The van der Waals surface area contributed by atoms with Crippen LogP contribution in [0.25, 0.3) is 0 Å². The highest BCUT2D eigenvalue weighted by Crippen LogP contribution is 2.17. The molecule has 0 atom stereocenters. The minimum absolute atomic E-state index is 1.04. The lowest BCUT2D eigenvalue weighted by molar-refractivity contribution is 0.663. The zero-order chi connectivity index (χ0) is 6.69. The average molecular weight is 141 g/mol. The quantitative estimate of drug-likeness (QED) is 0.431. The molecule has 1 nitrogen and oxygen atoms in total. The zero-order valence-corrected chi connectivity index (χ0v) is 6.03. The van der Waals surface area contributed by atoms with Crippen molar-refractivity contribution < 1.29 is 4.55 Å². The Bertz CT molecular complexity index is 198. The number of rotatable bonds is 1. The topological polar surface area (TPSA) is 22.9 Å². The molecule has 0 aromatic heterocycles. The van der Waals surface area contributed by atoms with Crippen LogP contribution in [0.5, 0.6) is 0 Å². The summed E-state index contributed by atoms with van der Waals surface area (Å²) in [6.45, 7) is 2.01. The minimum Gasteiger partial charge on any atom is -0.367 e. The van der Waals surface area contributed by atoms with E-state index in [1.54, 1.807) is 0 Å². The molecule has 0 aliphatic heterocycles. The Hall–Kier alpha value is -0.470. The molecule has 9 heavy (non-hydrogen) atoms. The first-order chi connectivity index (χ1) is 4.34. The molecule has 0 aliphatic rings. The van der Waals surface area contributed by atoms with Crippen LogP contribution in [-0.4, -0.2) is 4.55 Å². The summed E-state index contributed by atoms with van der Waals surface area (Å²) in [5, 5.41) is 0. The van der Waals surface area contributed by atoms with E-state index in [0.717, 1.165) is 16.9 Å². The van der Waals surface area contributed by atoms with Gasteiger partial charge in [-0.3, -0.25) is 0 Å². The van der Waals surface area contributed by atoms with Crippen molar-refractivity contribution >= 4 is 12.0 Å². The smallest absolute Gasteiger partial charge is 0.223 e. The van der Waals surface area contributed by atoms with E-state index in [-0.39, 0.29) is 0 Å². The molecule has 48 valence electrons. The van der Waals surface area contributed by atoms with Crippen LogP contribution < -0.4 is 0 Å². The predicted molar refractivity (Wildman–Crippen MR) is 40.6 cm³/mol. The Kier molecular flexibility index (Phi) is 2.14. The lowest BCUT2D eigenvalue weighted by Crippen LogP contribution is -1.74. The van der Waals surface area contributed by atoms with Crippen molar-refractivity contribution in [3.63, 3.8) is 0 Å². The molecular weight excluding hydrogens is 132 g/mol. The Morgan fingerprint density at radius 2 is 2.00 bits per heavy atom. The summed E-state index contributed by atoms with van der Waals surface area (Å²) < 4.78 is 7.00. The van der Waals surface area contributed by atoms with Crippen LogP contribution in [0.2, 0.25) is 0 Å². The lowest BCUT2D eigenvalue weighted by Gasteiger charge is -1.92. The van der Waals surface area contributed by atoms with Crippen LogP contribution in [0.3, 0.4) is 0 Å². The Labute approximate surface area is 58.9 Å². The molecule has 0 unspecified atom stereocenters. The molecule has 2 heteroatoms. The van der Waals surface area contributed by atoms with E-state index in [4.69, 9.17) is 4.55 Å². The van der Waals surface area contributed by atoms with Crippen molar-refractivity contribution in [1.29, 1.82) is 0 Å². The normalized spacial score (nSPS) is 9.56. The second-order valence-electron chi connectivity index (χ2n) is 1.87. The van der Waals surface area contributed by atoms with E-state index >= 15 is 0 Å². The lowest BCUT2D eigenvalue weighted by atomic mass is 10.2. The number of hydrogen-bond acceptors (Lipinski definition) is 1. The van der Waals surface area contributed by atoms with Crippen molar-refractivity contribution in [2.45, 2.75) is 11.8 Å². The Balaban J connectivity index is 3.01. The standard InChI is InChI=1S/C7H8OS/c1-6-4-2-3-5-7(6)9-8/h2-5,8H,1H3/p+1. The number of hydrogen-bond donors (Lipinski definition) is 0. The Morgan fingerprint density at radius 1 is 1.33 bits per heavy atom. The summed E-state index contributed by atoms with van der Waals surface area (Å²) in [6, 6.07) is 7.89. The fourth-order valence-electron chi connectivity index (χ4n) is 0.671. The maximum Gasteiger partial charge on any atom is 0.223 e. The van der Waals surface area contributed by atoms with E-state index in [0.29, 0.717) is 0 Å². The van der Waals surface area contributed by atoms with Gasteiger partial charge in [0.15, 0.2) is 0 Å². The summed E-state index contributed by atoms with van der Waals surface area (Å²) in [5.41, 5.74) is 1.18. The van der Waals surface area contributed by atoms with Crippen molar-refractivity contribution in [3.05, 3.63) is 29.8 Å². The van der Waals surface area contributed by atoms with E-state index in [9.17, 15) is 0 Å². The maximum atomic E-state index is 7.00. The van der Waals surface area contributed by atoms with Gasteiger partial charge < -0.3 is 4.55 Å².